The normalized spacial score (nSPS) is 44.5. The van der Waals surface area contributed by atoms with E-state index in [0.717, 1.165) is 47.0 Å². The van der Waals surface area contributed by atoms with E-state index in [1.807, 2.05) is 6.07 Å². The summed E-state index contributed by atoms with van der Waals surface area (Å²) < 4.78 is 5.24. The summed E-state index contributed by atoms with van der Waals surface area (Å²) in [5.41, 5.74) is 1.44. The highest BCUT2D eigenvalue weighted by atomic mass is 16.3. The number of hydrogen-bond donors (Lipinski definition) is 2. The standard InChI is InChI=1S/C30H40N3O/c34-27(31-26-4-2-1-3-5-26)28-32(29-14-20-8-21(15-29)10-22(9-20)16-29)6-7-33(28)30-17-23-11-24(18-30)13-25(12-23)19-30/h1-7,20-25,27,31,34H,8-19H2/q+1. The first kappa shape index (κ1) is 20.4. The average molecular weight is 459 g/mol. The highest BCUT2D eigenvalue weighted by molar-refractivity contribution is 5.43. The number of aliphatic hydroxyl groups excluding tert-OH is 1. The molecule has 8 aliphatic carbocycles. The minimum Gasteiger partial charge on any atom is -0.363 e. The fourth-order valence-corrected chi connectivity index (χ4v) is 10.9. The summed E-state index contributed by atoms with van der Waals surface area (Å²) in [6.07, 6.45) is 20.8. The molecule has 2 aromatic rings. The number of benzene rings is 1. The lowest BCUT2D eigenvalue weighted by molar-refractivity contribution is -0.784. The molecular weight excluding hydrogens is 418 g/mol. The highest BCUT2D eigenvalue weighted by Gasteiger charge is 2.59. The highest BCUT2D eigenvalue weighted by Crippen LogP contribution is 2.60. The number of aliphatic hydroxyl groups is 1. The van der Waals surface area contributed by atoms with Crippen LogP contribution < -0.4 is 9.88 Å². The van der Waals surface area contributed by atoms with E-state index in [0.29, 0.717) is 0 Å². The largest absolute Gasteiger partial charge is 0.363 e. The number of nitrogens with zero attached hydrogens (tertiary/aromatic N) is 2. The third-order valence-corrected chi connectivity index (χ3v) is 11.2. The van der Waals surface area contributed by atoms with Crippen LogP contribution in [0, 0.1) is 35.5 Å². The zero-order chi connectivity index (χ0) is 22.5. The summed E-state index contributed by atoms with van der Waals surface area (Å²) in [5.74, 6) is 6.53. The van der Waals surface area contributed by atoms with Gasteiger partial charge < -0.3 is 10.4 Å². The van der Waals surface area contributed by atoms with Gasteiger partial charge in [0.05, 0.1) is 0 Å². The van der Waals surface area contributed by atoms with Crippen LogP contribution in [0.1, 0.15) is 89.1 Å². The summed E-state index contributed by atoms with van der Waals surface area (Å²) in [4.78, 5) is 0. The molecule has 10 rings (SSSR count). The van der Waals surface area contributed by atoms with Gasteiger partial charge in [0.1, 0.15) is 23.5 Å². The summed E-state index contributed by atoms with van der Waals surface area (Å²) in [6.45, 7) is 0. The van der Waals surface area contributed by atoms with Crippen LogP contribution in [0.4, 0.5) is 5.69 Å². The van der Waals surface area contributed by atoms with Crippen molar-refractivity contribution in [2.75, 3.05) is 5.32 Å². The Morgan fingerprint density at radius 2 is 1.26 bits per heavy atom. The molecule has 1 atom stereocenters. The van der Waals surface area contributed by atoms with Crippen LogP contribution in [0.15, 0.2) is 42.7 Å². The summed E-state index contributed by atoms with van der Waals surface area (Å²) in [5, 5.41) is 15.4. The maximum atomic E-state index is 11.9. The summed E-state index contributed by atoms with van der Waals surface area (Å²) >= 11 is 0. The lowest BCUT2D eigenvalue weighted by atomic mass is 9.52. The van der Waals surface area contributed by atoms with Gasteiger partial charge >= 0.3 is 5.82 Å². The predicted molar refractivity (Wildman–Crippen MR) is 132 cm³/mol. The zero-order valence-corrected chi connectivity index (χ0v) is 20.4. The first-order valence-corrected chi connectivity index (χ1v) is 14.2. The van der Waals surface area contributed by atoms with Crippen LogP contribution in [-0.4, -0.2) is 9.67 Å². The molecule has 34 heavy (non-hydrogen) atoms. The van der Waals surface area contributed by atoms with Crippen LogP contribution in [0.3, 0.4) is 0 Å². The van der Waals surface area contributed by atoms with Gasteiger partial charge in [-0.05, 0) is 125 Å². The molecule has 180 valence electrons. The number of imidazole rings is 1. The molecule has 1 aromatic carbocycles. The molecule has 1 heterocycles. The molecule has 8 fully saturated rings. The molecule has 4 heteroatoms. The Hall–Kier alpha value is -1.81. The molecule has 8 aliphatic rings. The van der Waals surface area contributed by atoms with Crippen LogP contribution in [0.5, 0.6) is 0 Å². The Bertz CT molecular complexity index is 956. The van der Waals surface area contributed by atoms with Crippen LogP contribution in [0.25, 0.3) is 0 Å². The minimum atomic E-state index is -0.682. The van der Waals surface area contributed by atoms with Gasteiger partial charge in [-0.15, -0.1) is 0 Å². The van der Waals surface area contributed by atoms with Crippen molar-refractivity contribution in [2.45, 2.75) is 94.4 Å². The summed E-state index contributed by atoms with van der Waals surface area (Å²) in [6, 6.07) is 10.3. The third kappa shape index (κ3) is 2.96. The van der Waals surface area contributed by atoms with Gasteiger partial charge in [0, 0.05) is 5.69 Å². The van der Waals surface area contributed by atoms with Crippen LogP contribution in [-0.2, 0) is 11.1 Å². The maximum absolute atomic E-state index is 11.9. The summed E-state index contributed by atoms with van der Waals surface area (Å²) in [7, 11) is 0. The molecule has 0 spiro atoms. The number of para-hydroxylation sites is 1. The topological polar surface area (TPSA) is 41.1 Å². The van der Waals surface area contributed by atoms with E-state index in [2.05, 4.69) is 51.1 Å². The van der Waals surface area contributed by atoms with E-state index in [4.69, 9.17) is 0 Å². The second-order valence-electron chi connectivity index (χ2n) is 13.6. The number of nitrogens with one attached hydrogen (secondary N) is 1. The average Bonchev–Trinajstić information content (AvgIpc) is 3.25. The molecule has 1 aromatic heterocycles. The van der Waals surface area contributed by atoms with Gasteiger partial charge in [-0.1, -0.05) is 18.2 Å². The molecule has 0 radical (unpaired) electrons. The molecule has 4 nitrogen and oxygen atoms in total. The van der Waals surface area contributed by atoms with E-state index < -0.39 is 6.23 Å². The lowest BCUT2D eigenvalue weighted by Crippen LogP contribution is -2.66. The van der Waals surface area contributed by atoms with Crippen LogP contribution in [0.2, 0.25) is 0 Å². The number of hydrogen-bond acceptors (Lipinski definition) is 2. The van der Waals surface area contributed by atoms with Gasteiger partial charge in [-0.25, -0.2) is 9.13 Å². The number of rotatable bonds is 5. The van der Waals surface area contributed by atoms with E-state index in [9.17, 15) is 5.11 Å². The van der Waals surface area contributed by atoms with Gasteiger partial charge in [-0.2, -0.15) is 0 Å². The van der Waals surface area contributed by atoms with Crippen molar-refractivity contribution in [3.8, 4) is 0 Å². The maximum Gasteiger partial charge on any atom is 0.308 e. The lowest BCUT2D eigenvalue weighted by Gasteiger charge is -2.56. The van der Waals surface area contributed by atoms with Crippen molar-refractivity contribution >= 4 is 5.69 Å². The molecule has 8 bridgehead atoms. The van der Waals surface area contributed by atoms with Crippen molar-refractivity contribution in [3.63, 3.8) is 0 Å². The SMILES string of the molecule is OC(Nc1ccccc1)c1n(C23CC4CC(CC(C4)C2)C3)cc[n+]1C12CC3CC(CC(C3)C1)C2. The minimum absolute atomic E-state index is 0.219. The molecule has 2 N–H and O–H groups in total. The van der Waals surface area contributed by atoms with Crippen LogP contribution >= 0.6 is 0 Å². The molecule has 0 aliphatic heterocycles. The second-order valence-corrected chi connectivity index (χ2v) is 13.6. The van der Waals surface area contributed by atoms with Crippen molar-refractivity contribution < 1.29 is 9.67 Å². The second kappa shape index (κ2) is 7.12. The Morgan fingerprint density at radius 1 is 0.765 bits per heavy atom. The molecule has 1 unspecified atom stereocenters. The van der Waals surface area contributed by atoms with E-state index in [-0.39, 0.29) is 11.1 Å². The number of anilines is 1. The van der Waals surface area contributed by atoms with Crippen molar-refractivity contribution in [2.24, 2.45) is 35.5 Å². The number of aromatic nitrogens is 2. The van der Waals surface area contributed by atoms with Crippen molar-refractivity contribution in [1.82, 2.24) is 4.57 Å². The van der Waals surface area contributed by atoms with Crippen molar-refractivity contribution in [1.29, 1.82) is 0 Å². The molecule has 0 saturated heterocycles. The Kier molecular flexibility index (Phi) is 4.27. The molecule has 8 saturated carbocycles. The van der Waals surface area contributed by atoms with Gasteiger partial charge in [-0.3, -0.25) is 0 Å². The molecule has 0 amide bonds. The monoisotopic (exact) mass is 458 g/mol. The van der Waals surface area contributed by atoms with Crippen molar-refractivity contribution in [3.05, 3.63) is 48.5 Å². The quantitative estimate of drug-likeness (QED) is 0.444. The van der Waals surface area contributed by atoms with Gasteiger partial charge in [0.15, 0.2) is 0 Å². The Labute approximate surface area is 203 Å². The molecular formula is C30H40N3O+. The fraction of sp³-hybridized carbons (Fsp3) is 0.700. The zero-order valence-electron chi connectivity index (χ0n) is 20.4. The van der Waals surface area contributed by atoms with E-state index >= 15 is 0 Å². The fourth-order valence-electron chi connectivity index (χ4n) is 10.9. The van der Waals surface area contributed by atoms with E-state index in [1.165, 1.54) is 77.0 Å². The third-order valence-electron chi connectivity index (χ3n) is 11.2. The Balaban J connectivity index is 1.24. The van der Waals surface area contributed by atoms with Gasteiger partial charge in [0.25, 0.3) is 0 Å². The first-order valence-electron chi connectivity index (χ1n) is 14.2. The Morgan fingerprint density at radius 3 is 1.79 bits per heavy atom. The predicted octanol–water partition coefficient (Wildman–Crippen LogP) is 5.73. The smallest absolute Gasteiger partial charge is 0.308 e. The first-order chi connectivity index (χ1) is 16.6. The van der Waals surface area contributed by atoms with Gasteiger partial charge in [0.2, 0.25) is 6.23 Å². The van der Waals surface area contributed by atoms with E-state index in [1.54, 1.807) is 0 Å².